The van der Waals surface area contributed by atoms with Crippen LogP contribution >= 0.6 is 0 Å². The Bertz CT molecular complexity index is 581. The summed E-state index contributed by atoms with van der Waals surface area (Å²) in [5.74, 6) is -1.12. The van der Waals surface area contributed by atoms with Gasteiger partial charge in [0.1, 0.15) is 6.10 Å². The number of ether oxygens (including phenoxy) is 1. The van der Waals surface area contributed by atoms with Crippen LogP contribution in [0, 0.1) is 5.82 Å². The second kappa shape index (κ2) is 5.63. The van der Waals surface area contributed by atoms with Crippen LogP contribution in [0.15, 0.2) is 48.5 Å². The summed E-state index contributed by atoms with van der Waals surface area (Å²) in [5.41, 5.74) is 0.582. The molecule has 3 nitrogen and oxygen atoms in total. The molecule has 4 heteroatoms. The highest BCUT2D eigenvalue weighted by Gasteiger charge is 2.20. The number of ketones is 1. The normalized spacial score (nSPS) is 11.9. The van der Waals surface area contributed by atoms with Crippen LogP contribution in [-0.4, -0.2) is 18.0 Å². The summed E-state index contributed by atoms with van der Waals surface area (Å²) in [5, 5.41) is 9.96. The summed E-state index contributed by atoms with van der Waals surface area (Å²) in [6, 6.07) is 12.4. The standard InChI is InChI=1S/C15H13FO3/c1-19-13-8-7-11(9-12(13)16)15(18)14(17)10-5-3-2-4-6-10/h2-9,14,17H,1H3. The molecule has 19 heavy (non-hydrogen) atoms. The minimum absolute atomic E-state index is 0.0609. The number of carbonyl (C=O) groups excluding carboxylic acids is 1. The lowest BCUT2D eigenvalue weighted by Gasteiger charge is -2.10. The van der Waals surface area contributed by atoms with Gasteiger partial charge >= 0.3 is 0 Å². The molecule has 0 fully saturated rings. The third-order valence-corrected chi connectivity index (χ3v) is 2.80. The first-order valence-corrected chi connectivity index (χ1v) is 5.74. The summed E-state index contributed by atoms with van der Waals surface area (Å²) in [6.45, 7) is 0. The zero-order valence-electron chi connectivity index (χ0n) is 10.3. The topological polar surface area (TPSA) is 46.5 Å². The average Bonchev–Trinajstić information content (AvgIpc) is 2.46. The maximum absolute atomic E-state index is 13.5. The predicted molar refractivity (Wildman–Crippen MR) is 68.7 cm³/mol. The summed E-state index contributed by atoms with van der Waals surface area (Å²) in [6.07, 6.45) is -1.30. The van der Waals surface area contributed by atoms with Crippen molar-refractivity contribution >= 4 is 5.78 Å². The molecule has 2 rings (SSSR count). The molecule has 0 amide bonds. The van der Waals surface area contributed by atoms with E-state index in [9.17, 15) is 14.3 Å². The van der Waals surface area contributed by atoms with E-state index in [2.05, 4.69) is 0 Å². The van der Waals surface area contributed by atoms with Gasteiger partial charge in [0.15, 0.2) is 17.3 Å². The van der Waals surface area contributed by atoms with Gasteiger partial charge in [0.25, 0.3) is 0 Å². The number of aliphatic hydroxyl groups is 1. The van der Waals surface area contributed by atoms with E-state index in [4.69, 9.17) is 4.74 Å². The van der Waals surface area contributed by atoms with Crippen molar-refractivity contribution in [2.75, 3.05) is 7.11 Å². The SMILES string of the molecule is COc1ccc(C(=O)C(O)c2ccccc2)cc1F. The van der Waals surface area contributed by atoms with Gasteiger partial charge in [-0.3, -0.25) is 4.79 Å². The van der Waals surface area contributed by atoms with E-state index >= 15 is 0 Å². The molecule has 98 valence electrons. The van der Waals surface area contributed by atoms with E-state index in [-0.39, 0.29) is 11.3 Å². The van der Waals surface area contributed by atoms with Crippen molar-refractivity contribution in [3.63, 3.8) is 0 Å². The predicted octanol–water partition coefficient (Wildman–Crippen LogP) is 2.75. The fraction of sp³-hybridized carbons (Fsp3) is 0.133. The van der Waals surface area contributed by atoms with E-state index in [0.29, 0.717) is 5.56 Å². The summed E-state index contributed by atoms with van der Waals surface area (Å²) >= 11 is 0. The molecule has 0 aliphatic carbocycles. The maximum Gasteiger partial charge on any atom is 0.195 e. The van der Waals surface area contributed by atoms with Crippen LogP contribution in [0.5, 0.6) is 5.75 Å². The van der Waals surface area contributed by atoms with Crippen LogP contribution < -0.4 is 4.74 Å². The molecule has 0 aromatic heterocycles. The highest BCUT2D eigenvalue weighted by atomic mass is 19.1. The van der Waals surface area contributed by atoms with Crippen molar-refractivity contribution in [1.29, 1.82) is 0 Å². The number of Topliss-reactive ketones (excluding diaryl/α,β-unsaturated/α-hetero) is 1. The first-order valence-electron chi connectivity index (χ1n) is 5.74. The average molecular weight is 260 g/mol. The molecule has 0 aliphatic heterocycles. The number of methoxy groups -OCH3 is 1. The number of hydrogen-bond acceptors (Lipinski definition) is 3. The van der Waals surface area contributed by atoms with Crippen LogP contribution in [0.4, 0.5) is 4.39 Å². The molecule has 2 aromatic carbocycles. The quantitative estimate of drug-likeness (QED) is 0.860. The van der Waals surface area contributed by atoms with Gasteiger partial charge < -0.3 is 9.84 Å². The molecule has 0 heterocycles. The highest BCUT2D eigenvalue weighted by molar-refractivity contribution is 5.99. The molecular formula is C15H13FO3. The first kappa shape index (κ1) is 13.2. The van der Waals surface area contributed by atoms with Crippen molar-refractivity contribution in [3.05, 3.63) is 65.5 Å². The second-order valence-electron chi connectivity index (χ2n) is 4.03. The van der Waals surface area contributed by atoms with Gasteiger partial charge in [-0.2, -0.15) is 0 Å². The van der Waals surface area contributed by atoms with Crippen LogP contribution in [0.25, 0.3) is 0 Å². The fourth-order valence-electron chi connectivity index (χ4n) is 1.76. The molecule has 0 bridgehead atoms. The molecule has 0 aliphatic rings. The highest BCUT2D eigenvalue weighted by Crippen LogP contribution is 2.22. The Labute approximate surface area is 110 Å². The number of benzene rings is 2. The van der Waals surface area contributed by atoms with Gasteiger partial charge in [0.2, 0.25) is 0 Å². The molecule has 0 saturated heterocycles. The Balaban J connectivity index is 2.27. The summed E-state index contributed by atoms with van der Waals surface area (Å²) in [4.78, 5) is 12.0. The largest absolute Gasteiger partial charge is 0.494 e. The van der Waals surface area contributed by atoms with E-state index in [1.165, 1.54) is 19.2 Å². The van der Waals surface area contributed by atoms with Gasteiger partial charge in [-0.05, 0) is 23.8 Å². The maximum atomic E-state index is 13.5. The number of aliphatic hydroxyl groups excluding tert-OH is 1. The van der Waals surface area contributed by atoms with Crippen molar-refractivity contribution in [1.82, 2.24) is 0 Å². The monoisotopic (exact) mass is 260 g/mol. The Hall–Kier alpha value is -2.20. The lowest BCUT2D eigenvalue weighted by molar-refractivity contribution is 0.0747. The molecule has 1 atom stereocenters. The molecule has 0 radical (unpaired) electrons. The molecule has 1 unspecified atom stereocenters. The molecule has 0 saturated carbocycles. The van der Waals surface area contributed by atoms with Gasteiger partial charge in [-0.15, -0.1) is 0 Å². The zero-order valence-corrected chi connectivity index (χ0v) is 10.3. The van der Waals surface area contributed by atoms with Gasteiger partial charge in [0, 0.05) is 5.56 Å². The lowest BCUT2D eigenvalue weighted by Crippen LogP contribution is -2.12. The Morgan fingerprint density at radius 2 is 1.89 bits per heavy atom. The van der Waals surface area contributed by atoms with Crippen molar-refractivity contribution in [3.8, 4) is 5.75 Å². The summed E-state index contributed by atoms with van der Waals surface area (Å²) in [7, 11) is 1.35. The van der Waals surface area contributed by atoms with Crippen LogP contribution in [0.3, 0.4) is 0 Å². The van der Waals surface area contributed by atoms with E-state index in [1.54, 1.807) is 30.3 Å². The Kier molecular flexibility index (Phi) is 3.92. The number of rotatable bonds is 4. The Morgan fingerprint density at radius 1 is 1.21 bits per heavy atom. The van der Waals surface area contributed by atoms with Crippen molar-refractivity contribution in [2.45, 2.75) is 6.10 Å². The van der Waals surface area contributed by atoms with Crippen LogP contribution in [-0.2, 0) is 0 Å². The van der Waals surface area contributed by atoms with Crippen LogP contribution in [0.1, 0.15) is 22.0 Å². The molecular weight excluding hydrogens is 247 g/mol. The molecule has 0 spiro atoms. The lowest BCUT2D eigenvalue weighted by atomic mass is 10.00. The summed E-state index contributed by atoms with van der Waals surface area (Å²) < 4.78 is 18.3. The smallest absolute Gasteiger partial charge is 0.195 e. The number of hydrogen-bond donors (Lipinski definition) is 1. The van der Waals surface area contributed by atoms with Gasteiger partial charge in [0.05, 0.1) is 7.11 Å². The van der Waals surface area contributed by atoms with E-state index in [1.807, 2.05) is 0 Å². The Morgan fingerprint density at radius 3 is 2.47 bits per heavy atom. The first-order chi connectivity index (χ1) is 9.13. The van der Waals surface area contributed by atoms with E-state index < -0.39 is 17.7 Å². The van der Waals surface area contributed by atoms with Gasteiger partial charge in [-0.1, -0.05) is 30.3 Å². The van der Waals surface area contributed by atoms with E-state index in [0.717, 1.165) is 6.07 Å². The van der Waals surface area contributed by atoms with Crippen LogP contribution in [0.2, 0.25) is 0 Å². The number of carbonyl (C=O) groups is 1. The third kappa shape index (κ3) is 2.80. The van der Waals surface area contributed by atoms with Gasteiger partial charge in [-0.25, -0.2) is 4.39 Å². The molecule has 1 N–H and O–H groups in total. The number of halogens is 1. The third-order valence-electron chi connectivity index (χ3n) is 2.80. The molecule has 2 aromatic rings. The van der Waals surface area contributed by atoms with Crippen molar-refractivity contribution < 1.29 is 19.0 Å². The zero-order chi connectivity index (χ0) is 13.8. The van der Waals surface area contributed by atoms with Crippen molar-refractivity contribution in [2.24, 2.45) is 0 Å². The fourth-order valence-corrected chi connectivity index (χ4v) is 1.76. The second-order valence-corrected chi connectivity index (χ2v) is 4.03. The minimum atomic E-state index is -1.30. The minimum Gasteiger partial charge on any atom is -0.494 e.